The maximum atomic E-state index is 5.98. The summed E-state index contributed by atoms with van der Waals surface area (Å²) >= 11 is 0. The number of hydrogen-bond donors (Lipinski definition) is 2. The molecule has 2 N–H and O–H groups in total. The van der Waals surface area contributed by atoms with E-state index in [0.29, 0.717) is 18.1 Å². The summed E-state index contributed by atoms with van der Waals surface area (Å²) in [6.45, 7) is 9.19. The topological polar surface area (TPSA) is 58.8 Å². The third-order valence-corrected chi connectivity index (χ3v) is 5.18. The predicted octanol–water partition coefficient (Wildman–Crippen LogP) is 3.20. The number of halogens is 1. The van der Waals surface area contributed by atoms with Gasteiger partial charge in [-0.3, -0.25) is 4.99 Å². The van der Waals surface area contributed by atoms with Crippen LogP contribution in [0.1, 0.15) is 39.4 Å². The van der Waals surface area contributed by atoms with Crippen molar-refractivity contribution in [2.24, 2.45) is 16.3 Å². The quantitative estimate of drug-likeness (QED) is 0.414. The van der Waals surface area contributed by atoms with Gasteiger partial charge in [-0.05, 0) is 31.9 Å². The Morgan fingerprint density at radius 1 is 1.42 bits per heavy atom. The van der Waals surface area contributed by atoms with Gasteiger partial charge < -0.3 is 19.8 Å². The van der Waals surface area contributed by atoms with Crippen molar-refractivity contribution in [1.29, 1.82) is 0 Å². The molecule has 136 valence electrons. The molecule has 1 aromatic heterocycles. The second-order valence-corrected chi connectivity index (χ2v) is 7.13. The lowest BCUT2D eigenvalue weighted by atomic mass is 9.55. The lowest BCUT2D eigenvalue weighted by Crippen LogP contribution is -2.71. The molecule has 0 aromatic carbocycles. The highest BCUT2D eigenvalue weighted by Gasteiger charge is 2.58. The molecule has 2 heterocycles. The molecule has 3 rings (SSSR count). The molecule has 1 aliphatic heterocycles. The molecule has 1 aromatic rings. The van der Waals surface area contributed by atoms with E-state index < -0.39 is 0 Å². The molecule has 2 fully saturated rings. The van der Waals surface area contributed by atoms with E-state index in [9.17, 15) is 0 Å². The van der Waals surface area contributed by atoms with E-state index in [0.717, 1.165) is 37.8 Å². The average molecular weight is 447 g/mol. The Morgan fingerprint density at radius 3 is 2.96 bits per heavy atom. The number of ether oxygens (including phenoxy) is 1. The van der Waals surface area contributed by atoms with Crippen LogP contribution in [0.2, 0.25) is 0 Å². The Morgan fingerprint density at radius 2 is 2.25 bits per heavy atom. The largest absolute Gasteiger partial charge is 0.469 e. The number of hydrogen-bond acceptors (Lipinski definition) is 3. The maximum absolute atomic E-state index is 5.98. The Labute approximate surface area is 162 Å². The van der Waals surface area contributed by atoms with Gasteiger partial charge in [-0.15, -0.1) is 24.0 Å². The summed E-state index contributed by atoms with van der Waals surface area (Å²) < 4.78 is 11.3. The molecule has 0 amide bonds. The van der Waals surface area contributed by atoms with Crippen molar-refractivity contribution in [2.75, 3.05) is 19.7 Å². The van der Waals surface area contributed by atoms with E-state index in [1.165, 1.54) is 12.8 Å². The number of nitrogens with one attached hydrogen (secondary N) is 2. The third kappa shape index (κ3) is 4.07. The fraction of sp³-hybridized carbons (Fsp3) is 0.722. The van der Waals surface area contributed by atoms with Gasteiger partial charge in [0.25, 0.3) is 0 Å². The summed E-state index contributed by atoms with van der Waals surface area (Å²) in [7, 11) is 0. The predicted molar refractivity (Wildman–Crippen MR) is 107 cm³/mol. The van der Waals surface area contributed by atoms with Gasteiger partial charge in [0.05, 0.1) is 12.4 Å². The zero-order valence-electron chi connectivity index (χ0n) is 14.9. The molecule has 5 nitrogen and oxygen atoms in total. The Bertz CT molecular complexity index is 530. The van der Waals surface area contributed by atoms with Gasteiger partial charge in [0.1, 0.15) is 5.76 Å². The van der Waals surface area contributed by atoms with Crippen LogP contribution in [0.3, 0.4) is 0 Å². The van der Waals surface area contributed by atoms with Crippen LogP contribution in [0, 0.1) is 11.3 Å². The molecule has 1 aliphatic carbocycles. The number of nitrogens with zero attached hydrogens (tertiary/aromatic N) is 1. The van der Waals surface area contributed by atoms with Crippen LogP contribution in [0.5, 0.6) is 0 Å². The highest BCUT2D eigenvalue weighted by molar-refractivity contribution is 14.0. The van der Waals surface area contributed by atoms with E-state index in [-0.39, 0.29) is 29.4 Å². The lowest BCUT2D eigenvalue weighted by molar-refractivity contribution is -0.188. The molecule has 24 heavy (non-hydrogen) atoms. The first-order chi connectivity index (χ1) is 11.1. The van der Waals surface area contributed by atoms with Crippen LogP contribution in [0.15, 0.2) is 27.8 Å². The molecule has 3 unspecified atom stereocenters. The molecular weight excluding hydrogens is 417 g/mol. The summed E-state index contributed by atoms with van der Waals surface area (Å²) in [4.78, 5) is 4.71. The molecular formula is C18H30IN3O2. The highest BCUT2D eigenvalue weighted by atomic mass is 127. The normalized spacial score (nSPS) is 28.3. The minimum absolute atomic E-state index is 0. The van der Waals surface area contributed by atoms with E-state index in [2.05, 4.69) is 31.4 Å². The molecule has 2 aliphatic rings. The summed E-state index contributed by atoms with van der Waals surface area (Å²) in [6.07, 6.45) is 5.34. The number of fused-ring (bicyclic) bond motifs is 1. The minimum atomic E-state index is 0. The summed E-state index contributed by atoms with van der Waals surface area (Å²) in [5, 5.41) is 7.01. The highest BCUT2D eigenvalue weighted by Crippen LogP contribution is 2.51. The minimum Gasteiger partial charge on any atom is -0.469 e. The van der Waals surface area contributed by atoms with Crippen molar-refractivity contribution in [1.82, 2.24) is 10.6 Å². The maximum Gasteiger partial charge on any atom is 0.191 e. The van der Waals surface area contributed by atoms with Gasteiger partial charge in [0.15, 0.2) is 5.96 Å². The van der Waals surface area contributed by atoms with Gasteiger partial charge in [0.2, 0.25) is 0 Å². The van der Waals surface area contributed by atoms with Crippen molar-refractivity contribution >= 4 is 29.9 Å². The van der Waals surface area contributed by atoms with Crippen LogP contribution >= 0.6 is 24.0 Å². The Balaban J connectivity index is 0.00000208. The van der Waals surface area contributed by atoms with Crippen molar-refractivity contribution in [2.45, 2.75) is 52.2 Å². The van der Waals surface area contributed by atoms with Crippen LogP contribution < -0.4 is 10.6 Å². The number of rotatable bonds is 5. The molecule has 6 heteroatoms. The molecule has 3 atom stereocenters. The first-order valence-corrected chi connectivity index (χ1v) is 8.81. The van der Waals surface area contributed by atoms with Gasteiger partial charge in [0, 0.05) is 43.5 Å². The molecule has 1 saturated heterocycles. The smallest absolute Gasteiger partial charge is 0.191 e. The Kier molecular flexibility index (Phi) is 6.98. The van der Waals surface area contributed by atoms with Gasteiger partial charge in [-0.2, -0.15) is 0 Å². The van der Waals surface area contributed by atoms with Crippen LogP contribution in [0.4, 0.5) is 0 Å². The monoisotopic (exact) mass is 447 g/mol. The first kappa shape index (κ1) is 19.6. The molecule has 0 radical (unpaired) electrons. The Hall–Kier alpha value is -0.760. The zero-order valence-corrected chi connectivity index (χ0v) is 17.2. The van der Waals surface area contributed by atoms with E-state index in [1.54, 1.807) is 6.26 Å². The second kappa shape index (κ2) is 8.56. The number of aliphatic imine (C=N–C) groups is 1. The van der Waals surface area contributed by atoms with E-state index in [4.69, 9.17) is 14.1 Å². The van der Waals surface area contributed by atoms with Crippen molar-refractivity contribution < 1.29 is 9.15 Å². The van der Waals surface area contributed by atoms with Gasteiger partial charge in [-0.25, -0.2) is 0 Å². The average Bonchev–Trinajstić information content (AvgIpc) is 3.06. The van der Waals surface area contributed by atoms with Crippen molar-refractivity contribution in [3.05, 3.63) is 24.2 Å². The molecule has 1 saturated carbocycles. The van der Waals surface area contributed by atoms with Crippen LogP contribution in [-0.2, 0) is 11.2 Å². The fourth-order valence-corrected chi connectivity index (χ4v) is 4.02. The fourth-order valence-electron chi connectivity index (χ4n) is 4.02. The molecule has 0 bridgehead atoms. The van der Waals surface area contributed by atoms with E-state index in [1.807, 2.05) is 12.1 Å². The van der Waals surface area contributed by atoms with Crippen molar-refractivity contribution in [3.63, 3.8) is 0 Å². The number of furan rings is 1. The number of guanidine groups is 1. The first-order valence-electron chi connectivity index (χ1n) is 8.81. The zero-order chi connectivity index (χ0) is 16.3. The summed E-state index contributed by atoms with van der Waals surface area (Å²) in [5.41, 5.74) is 0.155. The molecule has 0 spiro atoms. The van der Waals surface area contributed by atoms with Gasteiger partial charge >= 0.3 is 0 Å². The lowest BCUT2D eigenvalue weighted by Gasteiger charge is -2.60. The summed E-state index contributed by atoms with van der Waals surface area (Å²) in [6, 6.07) is 4.34. The SMILES string of the molecule is CCNC(=NCCc1ccco1)NC1C2CCCOC2C1(C)C.I. The van der Waals surface area contributed by atoms with E-state index >= 15 is 0 Å². The third-order valence-electron chi connectivity index (χ3n) is 5.18. The summed E-state index contributed by atoms with van der Waals surface area (Å²) in [5.74, 6) is 2.49. The van der Waals surface area contributed by atoms with Crippen molar-refractivity contribution in [3.8, 4) is 0 Å². The standard InChI is InChI=1S/C18H29N3O2.HI/c1-4-19-17(20-10-9-13-7-5-11-22-13)21-15-14-8-6-12-23-16(14)18(15,2)3;/h5,7,11,14-16H,4,6,8-10,12H2,1-3H3,(H2,19,20,21);1H. The van der Waals surface area contributed by atoms with Crippen LogP contribution in [-0.4, -0.2) is 37.8 Å². The second-order valence-electron chi connectivity index (χ2n) is 7.13. The van der Waals surface area contributed by atoms with Crippen LogP contribution in [0.25, 0.3) is 0 Å². The van der Waals surface area contributed by atoms with Gasteiger partial charge in [-0.1, -0.05) is 13.8 Å².